The van der Waals surface area contributed by atoms with Crippen LogP contribution in [0.4, 0.5) is 0 Å². The average molecular weight is 156 g/mol. The maximum Gasteiger partial charge on any atom is 0.223 e. The molecule has 0 saturated carbocycles. The molecule has 0 aliphatic carbocycles. The molecule has 3 nitrogen and oxygen atoms in total. The molecule has 0 aromatic rings. The Bertz CT molecular complexity index is 154. The molecule has 11 heavy (non-hydrogen) atoms. The molecule has 0 aliphatic heterocycles. The van der Waals surface area contributed by atoms with Gasteiger partial charge in [-0.1, -0.05) is 13.8 Å². The van der Waals surface area contributed by atoms with Crippen molar-refractivity contribution in [3.05, 3.63) is 0 Å². The molecule has 1 radical (unpaired) electrons. The molecular weight excluding hydrogens is 142 g/mol. The molecule has 0 rings (SSSR count). The Hall–Kier alpha value is -0.860. The highest BCUT2D eigenvalue weighted by molar-refractivity contribution is 5.77. The van der Waals surface area contributed by atoms with E-state index in [-0.39, 0.29) is 11.8 Å². The quantitative estimate of drug-likeness (QED) is 0.600. The van der Waals surface area contributed by atoms with Crippen LogP contribution in [0.25, 0.3) is 0 Å². The Labute approximate surface area is 67.4 Å². The molecule has 0 bridgehead atoms. The molecule has 1 unspecified atom stereocenters. The Kier molecular flexibility index (Phi) is 3.79. The molecule has 0 aromatic carbocycles. The summed E-state index contributed by atoms with van der Waals surface area (Å²) >= 11 is 0. The third-order valence-electron chi connectivity index (χ3n) is 1.67. The largest absolute Gasteiger partial charge is 0.335 e. The lowest BCUT2D eigenvalue weighted by atomic mass is 10.1. The summed E-state index contributed by atoms with van der Waals surface area (Å²) in [4.78, 5) is 22.6. The number of rotatable bonds is 3. The molecule has 0 fully saturated rings. The van der Waals surface area contributed by atoms with Gasteiger partial charge >= 0.3 is 0 Å². The fourth-order valence-corrected chi connectivity index (χ4v) is 0.858. The highest BCUT2D eigenvalue weighted by Gasteiger charge is 2.20. The fraction of sp³-hybridized carbons (Fsp3) is 0.750. The van der Waals surface area contributed by atoms with Crippen molar-refractivity contribution in [3.8, 4) is 0 Å². The van der Waals surface area contributed by atoms with Gasteiger partial charge in [0.25, 0.3) is 0 Å². The summed E-state index contributed by atoms with van der Waals surface area (Å²) in [5.74, 6) is 0.0217. The van der Waals surface area contributed by atoms with E-state index in [2.05, 4.69) is 0 Å². The van der Waals surface area contributed by atoms with Gasteiger partial charge in [0.2, 0.25) is 12.2 Å². The van der Waals surface area contributed by atoms with Crippen molar-refractivity contribution in [2.24, 2.45) is 5.92 Å². The van der Waals surface area contributed by atoms with Crippen LogP contribution in [-0.2, 0) is 9.59 Å². The van der Waals surface area contributed by atoms with Crippen molar-refractivity contribution >= 4 is 12.2 Å². The first-order valence-corrected chi connectivity index (χ1v) is 3.61. The number of nitrogens with zero attached hydrogens (tertiary/aromatic N) is 1. The second-order valence-electron chi connectivity index (χ2n) is 2.94. The number of amides is 1. The van der Waals surface area contributed by atoms with Crippen molar-refractivity contribution in [2.45, 2.75) is 26.8 Å². The van der Waals surface area contributed by atoms with Crippen LogP contribution in [0, 0.1) is 5.92 Å². The summed E-state index contributed by atoms with van der Waals surface area (Å²) in [7, 11) is 1.61. The molecule has 0 spiro atoms. The molecule has 0 heterocycles. The molecule has 0 aromatic heterocycles. The lowest BCUT2D eigenvalue weighted by Crippen LogP contribution is -2.40. The number of hydrogen-bond donors (Lipinski definition) is 0. The highest BCUT2D eigenvalue weighted by Crippen LogP contribution is 2.05. The first-order valence-electron chi connectivity index (χ1n) is 3.61. The normalized spacial score (nSPS) is 12.8. The summed E-state index contributed by atoms with van der Waals surface area (Å²) in [6.45, 7) is 5.21. The zero-order chi connectivity index (χ0) is 9.02. The van der Waals surface area contributed by atoms with Gasteiger partial charge in [0.05, 0.1) is 0 Å². The van der Waals surface area contributed by atoms with E-state index in [0.717, 1.165) is 0 Å². The maximum absolute atomic E-state index is 10.8. The lowest BCUT2D eigenvalue weighted by molar-refractivity contribution is -0.129. The summed E-state index contributed by atoms with van der Waals surface area (Å²) in [5, 5.41) is 0. The highest BCUT2D eigenvalue weighted by atomic mass is 16.2. The number of carbonyl (C=O) groups is 1. The van der Waals surface area contributed by atoms with Gasteiger partial charge in [-0.2, -0.15) is 0 Å². The molecule has 1 atom stereocenters. The molecule has 0 N–H and O–H groups in total. The topological polar surface area (TPSA) is 37.4 Å². The van der Waals surface area contributed by atoms with Gasteiger partial charge in [-0.3, -0.25) is 9.59 Å². The van der Waals surface area contributed by atoms with Crippen LogP contribution in [-0.4, -0.2) is 30.2 Å². The predicted molar refractivity (Wildman–Crippen MR) is 42.8 cm³/mol. The van der Waals surface area contributed by atoms with E-state index in [4.69, 9.17) is 0 Å². The Morgan fingerprint density at radius 1 is 1.45 bits per heavy atom. The van der Waals surface area contributed by atoms with Gasteiger partial charge in [-0.15, -0.1) is 0 Å². The first kappa shape index (κ1) is 10.1. The summed E-state index contributed by atoms with van der Waals surface area (Å²) in [6, 6.07) is -0.410. The van der Waals surface area contributed by atoms with Crippen molar-refractivity contribution in [1.82, 2.24) is 4.90 Å². The smallest absolute Gasteiger partial charge is 0.223 e. The predicted octanol–water partition coefficient (Wildman–Crippen LogP) is 0.599. The third kappa shape index (κ3) is 2.70. The monoisotopic (exact) mass is 156 g/mol. The van der Waals surface area contributed by atoms with Gasteiger partial charge in [-0.25, -0.2) is 0 Å². The van der Waals surface area contributed by atoms with E-state index >= 15 is 0 Å². The minimum absolute atomic E-state index is 0.105. The maximum atomic E-state index is 10.8. The molecule has 63 valence electrons. The van der Waals surface area contributed by atoms with Crippen molar-refractivity contribution < 1.29 is 9.59 Å². The van der Waals surface area contributed by atoms with Crippen molar-refractivity contribution in [2.75, 3.05) is 7.05 Å². The zero-order valence-electron chi connectivity index (χ0n) is 7.42. The molecule has 1 amide bonds. The Morgan fingerprint density at radius 3 is 2.00 bits per heavy atom. The van der Waals surface area contributed by atoms with Gasteiger partial charge in [-0.05, 0) is 5.92 Å². The average Bonchev–Trinajstić information content (AvgIpc) is 1.88. The fourth-order valence-electron chi connectivity index (χ4n) is 0.858. The van der Waals surface area contributed by atoms with Crippen LogP contribution in [0.15, 0.2) is 0 Å². The van der Waals surface area contributed by atoms with Crippen LogP contribution in [0.2, 0.25) is 0 Å². The van der Waals surface area contributed by atoms with Gasteiger partial charge in [0, 0.05) is 14.0 Å². The molecule has 3 heteroatoms. The van der Waals surface area contributed by atoms with Crippen LogP contribution in [0.5, 0.6) is 0 Å². The molecule has 0 saturated heterocycles. The SMILES string of the molecule is CC(=O)N(C)C([C]=O)C(C)C. The summed E-state index contributed by atoms with van der Waals surface area (Å²) in [6.07, 6.45) is 1.84. The molecular formula is C8H14NO2. The summed E-state index contributed by atoms with van der Waals surface area (Å²) < 4.78 is 0. The standard InChI is InChI=1S/C8H14NO2/c1-6(2)8(5-10)9(4)7(3)11/h6,8H,1-4H3. The minimum atomic E-state index is -0.410. The first-order chi connectivity index (χ1) is 5.00. The number of hydrogen-bond acceptors (Lipinski definition) is 2. The van der Waals surface area contributed by atoms with E-state index in [1.807, 2.05) is 20.1 Å². The van der Waals surface area contributed by atoms with E-state index < -0.39 is 6.04 Å². The Morgan fingerprint density at radius 2 is 1.91 bits per heavy atom. The second kappa shape index (κ2) is 4.11. The number of likely N-dealkylation sites (N-methyl/N-ethyl adjacent to an activating group) is 1. The van der Waals surface area contributed by atoms with Crippen molar-refractivity contribution in [3.63, 3.8) is 0 Å². The van der Waals surface area contributed by atoms with Crippen molar-refractivity contribution in [1.29, 1.82) is 0 Å². The zero-order valence-corrected chi connectivity index (χ0v) is 7.42. The van der Waals surface area contributed by atoms with Crippen LogP contribution >= 0.6 is 0 Å². The number of carbonyl (C=O) groups excluding carboxylic acids is 2. The summed E-state index contributed by atoms with van der Waals surface area (Å²) in [5.41, 5.74) is 0. The van der Waals surface area contributed by atoms with Crippen LogP contribution in [0.1, 0.15) is 20.8 Å². The van der Waals surface area contributed by atoms with E-state index in [0.29, 0.717) is 0 Å². The molecule has 0 aliphatic rings. The van der Waals surface area contributed by atoms with Gasteiger partial charge < -0.3 is 4.90 Å². The third-order valence-corrected chi connectivity index (χ3v) is 1.67. The van der Waals surface area contributed by atoms with Crippen LogP contribution in [0.3, 0.4) is 0 Å². The van der Waals surface area contributed by atoms with Crippen LogP contribution < -0.4 is 0 Å². The van der Waals surface area contributed by atoms with E-state index in [1.165, 1.54) is 11.8 Å². The van der Waals surface area contributed by atoms with E-state index in [9.17, 15) is 9.59 Å². The Balaban J connectivity index is 4.25. The van der Waals surface area contributed by atoms with E-state index in [1.54, 1.807) is 7.05 Å². The second-order valence-corrected chi connectivity index (χ2v) is 2.94. The lowest BCUT2D eigenvalue weighted by Gasteiger charge is -2.24. The van der Waals surface area contributed by atoms with Gasteiger partial charge in [0.1, 0.15) is 6.04 Å². The minimum Gasteiger partial charge on any atom is -0.335 e. The van der Waals surface area contributed by atoms with Gasteiger partial charge in [0.15, 0.2) is 0 Å².